The van der Waals surface area contributed by atoms with E-state index in [1.165, 1.54) is 11.8 Å². The zero-order valence-electron chi connectivity index (χ0n) is 19.9. The summed E-state index contributed by atoms with van der Waals surface area (Å²) in [5, 5.41) is 9.19. The Balaban J connectivity index is 2.11. The number of methoxy groups -OCH3 is 2. The molecule has 0 aliphatic heterocycles. The number of aromatic nitrogens is 3. The molecule has 0 radical (unpaired) electrons. The van der Waals surface area contributed by atoms with E-state index >= 15 is 0 Å². The van der Waals surface area contributed by atoms with Gasteiger partial charge in [-0.2, -0.15) is 0 Å². The summed E-state index contributed by atoms with van der Waals surface area (Å²) in [7, 11) is -0.255. The number of hydrogen-bond donors (Lipinski definition) is 0. The largest absolute Gasteiger partial charge is 0.494 e. The lowest BCUT2D eigenvalue weighted by Crippen LogP contribution is -2.10. The lowest BCUT2D eigenvalue weighted by atomic mass is 10.2. The monoisotopic (exact) mass is 495 g/mol. The van der Waals surface area contributed by atoms with Crippen molar-refractivity contribution >= 4 is 19.4 Å². The van der Waals surface area contributed by atoms with Crippen LogP contribution in [0.5, 0.6) is 11.5 Å². The molecule has 0 aliphatic rings. The van der Waals surface area contributed by atoms with Gasteiger partial charge < -0.3 is 22.9 Å². The predicted molar refractivity (Wildman–Crippen MR) is 128 cm³/mol. The molecule has 0 atom stereocenters. The van der Waals surface area contributed by atoms with Crippen molar-refractivity contribution in [2.75, 3.05) is 19.7 Å². The highest BCUT2D eigenvalue weighted by Crippen LogP contribution is 2.54. The molecule has 33 heavy (non-hydrogen) atoms. The molecule has 0 saturated heterocycles. The maximum atomic E-state index is 13.4. The summed E-state index contributed by atoms with van der Waals surface area (Å²) >= 11 is 1.22. The molecule has 0 fully saturated rings. The van der Waals surface area contributed by atoms with Crippen molar-refractivity contribution < 1.29 is 27.5 Å². The number of para-hydroxylation sites is 1. The first-order valence-corrected chi connectivity index (χ1v) is 13.2. The lowest BCUT2D eigenvalue weighted by Gasteiger charge is -2.22. The summed E-state index contributed by atoms with van der Waals surface area (Å²) in [6.45, 7) is 9.13. The summed E-state index contributed by atoms with van der Waals surface area (Å²) in [6, 6.07) is 9.13. The fraction of sp³-hybridized carbons (Fsp3) is 0.455. The molecule has 3 aromatic rings. The zero-order valence-corrected chi connectivity index (χ0v) is 21.6. The van der Waals surface area contributed by atoms with Crippen molar-refractivity contribution in [1.29, 1.82) is 0 Å². The minimum atomic E-state index is -3.41. The molecule has 11 heteroatoms. The third-order valence-corrected chi connectivity index (χ3v) is 8.10. The summed E-state index contributed by atoms with van der Waals surface area (Å²) in [6.07, 6.45) is -0.520. The molecule has 0 spiro atoms. The van der Waals surface area contributed by atoms with Crippen molar-refractivity contribution in [2.45, 2.75) is 52.0 Å². The van der Waals surface area contributed by atoms with E-state index in [-0.39, 0.29) is 17.7 Å². The molecule has 0 N–H and O–H groups in total. The normalized spacial score (nSPS) is 12.0. The van der Waals surface area contributed by atoms with E-state index in [1.807, 2.05) is 65.0 Å². The van der Waals surface area contributed by atoms with Gasteiger partial charge in [-0.25, -0.2) is 0 Å². The van der Waals surface area contributed by atoms with Gasteiger partial charge in [0.2, 0.25) is 5.82 Å². The van der Waals surface area contributed by atoms with Crippen LogP contribution in [-0.2, 0) is 13.6 Å². The molecule has 1 aromatic carbocycles. The van der Waals surface area contributed by atoms with E-state index < -0.39 is 7.60 Å². The van der Waals surface area contributed by atoms with Gasteiger partial charge in [-0.05, 0) is 58.9 Å². The van der Waals surface area contributed by atoms with Crippen LogP contribution in [0, 0.1) is 6.92 Å². The number of nitrogens with zero attached hydrogens (tertiary/aromatic N) is 3. The van der Waals surface area contributed by atoms with Gasteiger partial charge in [-0.1, -0.05) is 17.8 Å². The van der Waals surface area contributed by atoms with Crippen LogP contribution in [0.25, 0.3) is 17.3 Å². The average Bonchev–Trinajstić information content (AvgIpc) is 3.36. The van der Waals surface area contributed by atoms with Crippen LogP contribution in [0.1, 0.15) is 33.5 Å². The third-order valence-electron chi connectivity index (χ3n) is 4.31. The maximum absolute atomic E-state index is 13.4. The van der Waals surface area contributed by atoms with E-state index in [0.717, 1.165) is 5.76 Å². The van der Waals surface area contributed by atoms with E-state index in [1.54, 1.807) is 18.8 Å². The Hall–Kier alpha value is -2.26. The first kappa shape index (κ1) is 25.4. The number of furan rings is 1. The van der Waals surface area contributed by atoms with Gasteiger partial charge in [0.1, 0.15) is 28.4 Å². The topological polar surface area (TPSA) is 97.8 Å². The summed E-state index contributed by atoms with van der Waals surface area (Å²) < 4.78 is 43.6. The number of rotatable bonds is 11. The van der Waals surface area contributed by atoms with Crippen molar-refractivity contribution in [3.63, 3.8) is 0 Å². The van der Waals surface area contributed by atoms with Gasteiger partial charge in [-0.15, -0.1) is 10.2 Å². The predicted octanol–water partition coefficient (Wildman–Crippen LogP) is 5.95. The van der Waals surface area contributed by atoms with Gasteiger partial charge in [0.25, 0.3) is 0 Å². The highest BCUT2D eigenvalue weighted by atomic mass is 32.2. The van der Waals surface area contributed by atoms with Crippen LogP contribution >= 0.6 is 19.4 Å². The second-order valence-electron chi connectivity index (χ2n) is 7.76. The van der Waals surface area contributed by atoms with Crippen molar-refractivity contribution in [1.82, 2.24) is 14.8 Å². The molecule has 0 amide bonds. The van der Waals surface area contributed by atoms with Crippen molar-refractivity contribution in [3.05, 3.63) is 36.1 Å². The Kier molecular flexibility index (Phi) is 8.28. The SMILES string of the molecule is COc1cccc(OC)c1-n1c(SCP(=O)(OC(C)C)OC(C)C)nnc1-c1ccc(C)o1. The van der Waals surface area contributed by atoms with Gasteiger partial charge >= 0.3 is 7.60 Å². The summed E-state index contributed by atoms with van der Waals surface area (Å²) in [4.78, 5) is 0. The van der Waals surface area contributed by atoms with Crippen LogP contribution in [-0.4, -0.2) is 46.7 Å². The molecular formula is C22H30N3O6PS. The van der Waals surface area contributed by atoms with E-state index in [4.69, 9.17) is 22.9 Å². The van der Waals surface area contributed by atoms with Gasteiger partial charge in [0.15, 0.2) is 10.9 Å². The first-order valence-electron chi connectivity index (χ1n) is 10.5. The number of ether oxygens (including phenoxy) is 2. The Morgan fingerprint density at radius 1 is 1.00 bits per heavy atom. The summed E-state index contributed by atoms with van der Waals surface area (Å²) in [5.74, 6) is 2.83. The molecule has 2 aromatic heterocycles. The van der Waals surface area contributed by atoms with E-state index in [9.17, 15) is 4.57 Å². The third kappa shape index (κ3) is 6.00. The first-order chi connectivity index (χ1) is 15.7. The molecule has 0 bridgehead atoms. The van der Waals surface area contributed by atoms with E-state index in [2.05, 4.69) is 10.2 Å². The Morgan fingerprint density at radius 2 is 1.61 bits per heavy atom. The van der Waals surface area contributed by atoms with Crippen LogP contribution in [0.2, 0.25) is 0 Å². The standard InChI is InChI=1S/C22H30N3O6PS/c1-14(2)30-32(26,31-15(3)4)13-33-22-24-23-21(19-12-11-16(5)29-19)25(22)20-17(27-6)9-8-10-18(20)28-7/h8-12,14-15H,13H2,1-7H3. The number of aryl methyl sites for hydroxylation is 1. The maximum Gasteiger partial charge on any atom is 0.341 e. The van der Waals surface area contributed by atoms with Crippen LogP contribution < -0.4 is 9.47 Å². The van der Waals surface area contributed by atoms with Crippen molar-refractivity contribution in [3.8, 4) is 28.8 Å². The number of hydrogen-bond acceptors (Lipinski definition) is 9. The molecule has 2 heterocycles. The molecule has 180 valence electrons. The highest BCUT2D eigenvalue weighted by molar-refractivity contribution is 8.04. The van der Waals surface area contributed by atoms with Crippen LogP contribution in [0.3, 0.4) is 0 Å². The Bertz CT molecular complexity index is 1090. The van der Waals surface area contributed by atoms with E-state index in [0.29, 0.717) is 33.9 Å². The highest BCUT2D eigenvalue weighted by Gasteiger charge is 2.31. The number of thioether (sulfide) groups is 1. The molecular weight excluding hydrogens is 465 g/mol. The van der Waals surface area contributed by atoms with Crippen molar-refractivity contribution in [2.24, 2.45) is 0 Å². The molecule has 0 unspecified atom stereocenters. The zero-order chi connectivity index (χ0) is 24.2. The second kappa shape index (κ2) is 10.8. The minimum Gasteiger partial charge on any atom is -0.494 e. The Labute approximate surface area is 198 Å². The van der Waals surface area contributed by atoms with Gasteiger partial charge in [0, 0.05) is 0 Å². The number of benzene rings is 1. The lowest BCUT2D eigenvalue weighted by molar-refractivity contribution is 0.145. The molecule has 0 aliphatic carbocycles. The smallest absolute Gasteiger partial charge is 0.341 e. The minimum absolute atomic E-state index is 0.0517. The molecule has 0 saturated carbocycles. The second-order valence-corrected chi connectivity index (χ2v) is 11.1. The Morgan fingerprint density at radius 3 is 2.09 bits per heavy atom. The quantitative estimate of drug-likeness (QED) is 0.236. The molecule has 3 rings (SSSR count). The fourth-order valence-electron chi connectivity index (χ4n) is 3.20. The van der Waals surface area contributed by atoms with Gasteiger partial charge in [-0.3, -0.25) is 9.13 Å². The molecule has 9 nitrogen and oxygen atoms in total. The summed E-state index contributed by atoms with van der Waals surface area (Å²) in [5.41, 5.74) is 0.652. The average molecular weight is 496 g/mol. The fourth-order valence-corrected chi connectivity index (χ4v) is 6.52. The van der Waals surface area contributed by atoms with Crippen LogP contribution in [0.15, 0.2) is 39.9 Å². The van der Waals surface area contributed by atoms with Crippen LogP contribution in [0.4, 0.5) is 0 Å². The van der Waals surface area contributed by atoms with Gasteiger partial charge in [0.05, 0.1) is 26.4 Å².